The highest BCUT2D eigenvalue weighted by Crippen LogP contribution is 2.56. The summed E-state index contributed by atoms with van der Waals surface area (Å²) in [6.07, 6.45) is 5.27. The number of aromatic nitrogens is 1. The average molecular weight is 871 g/mol. The second-order valence-electron chi connectivity index (χ2n) is 17.5. The molecule has 0 saturated carbocycles. The van der Waals surface area contributed by atoms with Crippen LogP contribution in [0.4, 0.5) is 48.6 Å². The number of hydrogen-bond donors (Lipinski definition) is 0. The molecule has 0 N–H and O–H groups in total. The summed E-state index contributed by atoms with van der Waals surface area (Å²) in [6, 6.07) is 75.8. The van der Waals surface area contributed by atoms with Crippen molar-refractivity contribution in [1.29, 1.82) is 0 Å². The van der Waals surface area contributed by atoms with Gasteiger partial charge in [-0.15, -0.1) is 0 Å². The van der Waals surface area contributed by atoms with Gasteiger partial charge in [0.15, 0.2) is 0 Å². The summed E-state index contributed by atoms with van der Waals surface area (Å²) >= 11 is 0. The van der Waals surface area contributed by atoms with Crippen LogP contribution in [-0.2, 0) is 5.41 Å². The van der Waals surface area contributed by atoms with Crippen molar-refractivity contribution in [3.63, 3.8) is 0 Å². The first kappa shape index (κ1) is 40.1. The van der Waals surface area contributed by atoms with Crippen molar-refractivity contribution >= 4 is 61.6 Å². The molecule has 1 unspecified atom stereocenters. The van der Waals surface area contributed by atoms with Crippen molar-refractivity contribution in [3.8, 4) is 16.8 Å². The van der Waals surface area contributed by atoms with E-state index in [2.05, 4.69) is 208 Å². The number of benzene rings is 9. The van der Waals surface area contributed by atoms with Gasteiger partial charge in [0.05, 0.1) is 11.0 Å². The maximum absolute atomic E-state index is 14.1. The number of halogens is 2. The molecule has 67 heavy (non-hydrogen) atoms. The summed E-state index contributed by atoms with van der Waals surface area (Å²) in [6.45, 7) is 2.33. The van der Waals surface area contributed by atoms with E-state index in [0.717, 1.165) is 84.9 Å². The van der Waals surface area contributed by atoms with Crippen LogP contribution in [0, 0.1) is 11.6 Å². The number of fused-ring (bicyclic) bond motifs is 6. The Labute approximate surface area is 388 Å². The number of rotatable bonds is 9. The molecule has 1 aliphatic heterocycles. The van der Waals surface area contributed by atoms with Crippen molar-refractivity contribution in [2.75, 3.05) is 14.7 Å². The van der Waals surface area contributed by atoms with Crippen LogP contribution in [-0.4, -0.2) is 4.57 Å². The number of hydrogen-bond acceptors (Lipinski definition) is 3. The van der Waals surface area contributed by atoms with Crippen LogP contribution < -0.4 is 14.7 Å². The Morgan fingerprint density at radius 1 is 0.433 bits per heavy atom. The summed E-state index contributed by atoms with van der Waals surface area (Å²) in [5.74, 6) is -0.498. The third-order valence-corrected chi connectivity index (χ3v) is 13.5. The van der Waals surface area contributed by atoms with Crippen molar-refractivity contribution in [2.45, 2.75) is 18.8 Å². The van der Waals surface area contributed by atoms with Gasteiger partial charge in [0, 0.05) is 79.5 Å². The molecule has 322 valence electrons. The Balaban J connectivity index is 0.881. The highest BCUT2D eigenvalue weighted by atomic mass is 19.1. The third kappa shape index (κ3) is 6.88. The van der Waals surface area contributed by atoms with E-state index >= 15 is 0 Å². The van der Waals surface area contributed by atoms with E-state index in [1.807, 2.05) is 30.3 Å². The number of allylic oxidation sites excluding steroid dienone is 4. The fourth-order valence-corrected chi connectivity index (χ4v) is 10.4. The lowest BCUT2D eigenvalue weighted by Gasteiger charge is -2.38. The van der Waals surface area contributed by atoms with E-state index in [1.165, 1.54) is 41.2 Å². The van der Waals surface area contributed by atoms with Crippen LogP contribution in [0.5, 0.6) is 0 Å². The van der Waals surface area contributed by atoms with Gasteiger partial charge in [0.1, 0.15) is 11.6 Å². The molecule has 0 fully saturated rings. The van der Waals surface area contributed by atoms with E-state index in [0.29, 0.717) is 0 Å². The summed E-state index contributed by atoms with van der Waals surface area (Å²) in [5, 5.41) is 2.25. The molecular formula is C61H44F2N4. The van der Waals surface area contributed by atoms with E-state index in [1.54, 1.807) is 0 Å². The van der Waals surface area contributed by atoms with Crippen molar-refractivity contribution < 1.29 is 8.78 Å². The van der Waals surface area contributed by atoms with Crippen LogP contribution in [0.15, 0.2) is 248 Å². The van der Waals surface area contributed by atoms with Crippen molar-refractivity contribution in [1.82, 2.24) is 4.57 Å². The molecule has 1 aliphatic carbocycles. The monoisotopic (exact) mass is 870 g/mol. The van der Waals surface area contributed by atoms with Gasteiger partial charge in [-0.3, -0.25) is 0 Å². The van der Waals surface area contributed by atoms with Gasteiger partial charge in [-0.25, -0.2) is 8.78 Å². The molecule has 12 rings (SSSR count). The molecule has 1 atom stereocenters. The molecule has 2 heterocycles. The van der Waals surface area contributed by atoms with Gasteiger partial charge in [0.2, 0.25) is 0 Å². The quantitative estimate of drug-likeness (QED) is 0.144. The minimum Gasteiger partial charge on any atom is -0.314 e. The van der Waals surface area contributed by atoms with Crippen LogP contribution in [0.1, 0.15) is 18.9 Å². The number of para-hydroxylation sites is 4. The maximum atomic E-state index is 14.1. The second-order valence-corrected chi connectivity index (χ2v) is 17.5. The molecule has 2 aliphatic rings. The lowest BCUT2D eigenvalue weighted by atomic mass is 9.75. The van der Waals surface area contributed by atoms with Crippen molar-refractivity contribution in [3.05, 3.63) is 265 Å². The maximum Gasteiger partial charge on any atom is 0.123 e. The minimum absolute atomic E-state index is 0.244. The van der Waals surface area contributed by atoms with E-state index in [9.17, 15) is 8.78 Å². The Kier molecular flexibility index (Phi) is 9.68. The highest BCUT2D eigenvalue weighted by molar-refractivity contribution is 6.10. The lowest BCUT2D eigenvalue weighted by Crippen LogP contribution is -2.32. The first-order valence-electron chi connectivity index (χ1n) is 22.7. The average Bonchev–Trinajstić information content (AvgIpc) is 3.84. The molecule has 10 aromatic rings. The van der Waals surface area contributed by atoms with Crippen molar-refractivity contribution in [2.24, 2.45) is 0 Å². The van der Waals surface area contributed by atoms with Crippen LogP contribution >= 0.6 is 0 Å². The molecule has 0 saturated heterocycles. The van der Waals surface area contributed by atoms with Gasteiger partial charge in [-0.1, -0.05) is 97.1 Å². The molecular weight excluding hydrogens is 827 g/mol. The van der Waals surface area contributed by atoms with Gasteiger partial charge < -0.3 is 19.3 Å². The molecule has 0 amide bonds. The summed E-state index contributed by atoms with van der Waals surface area (Å²) < 4.78 is 30.3. The summed E-state index contributed by atoms with van der Waals surface area (Å²) in [5.41, 5.74) is 16.0. The first-order valence-corrected chi connectivity index (χ1v) is 22.7. The van der Waals surface area contributed by atoms with Crippen LogP contribution in [0.25, 0.3) is 38.6 Å². The smallest absolute Gasteiger partial charge is 0.123 e. The molecule has 1 aromatic heterocycles. The molecule has 6 heteroatoms. The zero-order chi connectivity index (χ0) is 45.1. The van der Waals surface area contributed by atoms with Gasteiger partial charge in [0.25, 0.3) is 0 Å². The largest absolute Gasteiger partial charge is 0.314 e. The molecule has 9 aromatic carbocycles. The highest BCUT2D eigenvalue weighted by Gasteiger charge is 2.46. The Morgan fingerprint density at radius 3 is 1.60 bits per heavy atom. The molecule has 0 radical (unpaired) electrons. The minimum atomic E-state index is -0.313. The van der Waals surface area contributed by atoms with Crippen LogP contribution in [0.3, 0.4) is 0 Å². The predicted molar refractivity (Wildman–Crippen MR) is 273 cm³/mol. The van der Waals surface area contributed by atoms with Gasteiger partial charge in [-0.2, -0.15) is 0 Å². The topological polar surface area (TPSA) is 14.7 Å². The van der Waals surface area contributed by atoms with E-state index in [4.69, 9.17) is 0 Å². The molecule has 4 nitrogen and oxygen atoms in total. The predicted octanol–water partition coefficient (Wildman–Crippen LogP) is 16.6. The van der Waals surface area contributed by atoms with E-state index in [-0.39, 0.29) is 17.0 Å². The fourth-order valence-electron chi connectivity index (χ4n) is 10.4. The Morgan fingerprint density at radius 2 is 0.940 bits per heavy atom. The SMILES string of the molecule is CC12CC(N(c3ccccc3)c3ccc(-c4ccc(N(c5ccccc5)c5ccc6c(c5)c5ccccc5n6-c5ccc(F)cc5)cc4)cc3)=CC=C1N(c1ccc(F)cc1)c1ccccc12. The normalized spacial score (nSPS) is 15.2. The summed E-state index contributed by atoms with van der Waals surface area (Å²) in [4.78, 5) is 6.96. The van der Waals surface area contributed by atoms with E-state index < -0.39 is 0 Å². The zero-order valence-corrected chi connectivity index (χ0v) is 36.8. The third-order valence-electron chi connectivity index (χ3n) is 13.5. The van der Waals surface area contributed by atoms with Gasteiger partial charge in [-0.05, 0) is 163 Å². The second kappa shape index (κ2) is 16.2. The van der Waals surface area contributed by atoms with Gasteiger partial charge >= 0.3 is 0 Å². The number of nitrogens with zero attached hydrogens (tertiary/aromatic N) is 4. The molecule has 0 spiro atoms. The fraction of sp³-hybridized carbons (Fsp3) is 0.0492. The Hall–Kier alpha value is -8.48. The zero-order valence-electron chi connectivity index (χ0n) is 36.8. The standard InChI is InChI=1S/C61H44F2N4/c1-61-41-53(37-39-60(61)67(51-34-26-45(63)27-35-51)59-19-11-9-17-56(59)61)65(47-14-6-3-7-15-47)49-30-22-43(23-31-49)42-20-28-48(29-21-42)64(46-12-4-2-5-13-46)52-36-38-58-55(40-52)54-16-8-10-18-57(54)66(58)50-32-24-44(62)25-33-50/h2-40H,41H2,1H3. The van der Waals surface area contributed by atoms with Crippen LogP contribution in [0.2, 0.25) is 0 Å². The molecule has 0 bridgehead atoms. The summed E-state index contributed by atoms with van der Waals surface area (Å²) in [7, 11) is 0. The first-order chi connectivity index (χ1) is 32.9. The number of anilines is 7. The lowest BCUT2D eigenvalue weighted by molar-refractivity contribution is 0.554. The Bertz CT molecular complexity index is 3510.